The van der Waals surface area contributed by atoms with E-state index in [4.69, 9.17) is 9.47 Å². The fourth-order valence-corrected chi connectivity index (χ4v) is 5.79. The van der Waals surface area contributed by atoms with Crippen molar-refractivity contribution in [2.24, 2.45) is 22.9 Å². The molecule has 0 N–H and O–H groups in total. The van der Waals surface area contributed by atoms with Crippen molar-refractivity contribution in [2.75, 3.05) is 13.2 Å². The maximum absolute atomic E-state index is 13.5. The molecule has 2 rings (SSSR count). The van der Waals surface area contributed by atoms with Gasteiger partial charge in [0.15, 0.2) is 5.78 Å². The summed E-state index contributed by atoms with van der Waals surface area (Å²) in [7, 11) is 0. The number of hydrazone groups is 1. The van der Waals surface area contributed by atoms with E-state index in [1.54, 1.807) is 5.01 Å². The number of hydrogen-bond donors (Lipinski definition) is 0. The summed E-state index contributed by atoms with van der Waals surface area (Å²) in [6, 6.07) is 0. The minimum atomic E-state index is -0.699. The van der Waals surface area contributed by atoms with Gasteiger partial charge >= 0.3 is 6.16 Å². The van der Waals surface area contributed by atoms with Crippen molar-refractivity contribution < 1.29 is 19.1 Å². The van der Waals surface area contributed by atoms with Gasteiger partial charge in [-0.15, -0.1) is 5.10 Å². The number of carbonyl (C=O) groups is 2. The molecule has 6 heteroatoms. The van der Waals surface area contributed by atoms with Crippen LogP contribution in [0.15, 0.2) is 29.0 Å². The lowest BCUT2D eigenvalue weighted by Gasteiger charge is -2.28. The van der Waals surface area contributed by atoms with Crippen molar-refractivity contribution in [2.45, 2.75) is 143 Å². The predicted octanol–water partition coefficient (Wildman–Crippen LogP) is 9.74. The quantitative estimate of drug-likeness (QED) is 0.104. The average molecular weight is 559 g/mol. The number of rotatable bonds is 21. The minimum Gasteiger partial charge on any atom is -0.434 e. The topological polar surface area (TPSA) is 68.2 Å². The number of nitrogens with zero attached hydrogens (tertiary/aromatic N) is 2. The van der Waals surface area contributed by atoms with Gasteiger partial charge in [0.2, 0.25) is 5.90 Å². The van der Waals surface area contributed by atoms with Gasteiger partial charge in [0.05, 0.1) is 13.2 Å². The predicted molar refractivity (Wildman–Crippen MR) is 165 cm³/mol. The summed E-state index contributed by atoms with van der Waals surface area (Å²) in [5, 5.41) is 6.16. The Morgan fingerprint density at radius 2 is 1.55 bits per heavy atom. The minimum absolute atomic E-state index is 0.104. The molecule has 3 unspecified atom stereocenters. The van der Waals surface area contributed by atoms with Crippen LogP contribution in [0.1, 0.15) is 143 Å². The molecule has 2 aliphatic rings. The summed E-state index contributed by atoms with van der Waals surface area (Å²) in [4.78, 5) is 25.7. The van der Waals surface area contributed by atoms with Crippen LogP contribution < -0.4 is 0 Å². The fraction of sp³-hybridized carbons (Fsp3) is 0.794. The second-order valence-corrected chi connectivity index (χ2v) is 11.8. The van der Waals surface area contributed by atoms with E-state index in [-0.39, 0.29) is 11.7 Å². The molecule has 0 bridgehead atoms. The van der Waals surface area contributed by atoms with E-state index in [1.165, 1.54) is 70.6 Å². The zero-order chi connectivity index (χ0) is 29.0. The van der Waals surface area contributed by atoms with Gasteiger partial charge in [-0.05, 0) is 30.8 Å². The van der Waals surface area contributed by atoms with Crippen LogP contribution in [0.4, 0.5) is 4.79 Å². The molecule has 6 nitrogen and oxygen atoms in total. The molecule has 1 aliphatic carbocycles. The number of allylic oxidation sites excluding steroid dienone is 4. The smallest absolute Gasteiger partial charge is 0.434 e. The molecule has 228 valence electrons. The Morgan fingerprint density at radius 3 is 2.17 bits per heavy atom. The Balaban J connectivity index is 1.73. The molecule has 0 fully saturated rings. The maximum Gasteiger partial charge on any atom is 0.514 e. The fourth-order valence-electron chi connectivity index (χ4n) is 5.79. The molecule has 0 radical (unpaired) electrons. The van der Waals surface area contributed by atoms with Gasteiger partial charge in [0, 0.05) is 12.3 Å². The van der Waals surface area contributed by atoms with E-state index in [2.05, 4.69) is 38.9 Å². The van der Waals surface area contributed by atoms with Crippen LogP contribution in [0.25, 0.3) is 0 Å². The first-order valence-corrected chi connectivity index (χ1v) is 16.7. The van der Waals surface area contributed by atoms with Crippen LogP contribution >= 0.6 is 0 Å². The summed E-state index contributed by atoms with van der Waals surface area (Å²) < 4.78 is 10.7. The summed E-state index contributed by atoms with van der Waals surface area (Å²) in [5.41, 5.74) is 0.600. The molecule has 0 aromatic rings. The third-order valence-corrected chi connectivity index (χ3v) is 8.57. The lowest BCUT2D eigenvalue weighted by atomic mass is 9.80. The molecule has 0 aromatic carbocycles. The zero-order valence-corrected chi connectivity index (χ0v) is 26.1. The Bertz CT molecular complexity index is 819. The van der Waals surface area contributed by atoms with Crippen LogP contribution in [-0.2, 0) is 14.3 Å². The molecule has 1 heterocycles. The normalized spacial score (nSPS) is 18.4. The molecule has 0 saturated carbocycles. The van der Waals surface area contributed by atoms with Gasteiger partial charge in [-0.25, -0.2) is 4.79 Å². The van der Waals surface area contributed by atoms with Gasteiger partial charge in [-0.3, -0.25) is 9.80 Å². The monoisotopic (exact) mass is 558 g/mol. The number of carbonyl (C=O) groups excluding carboxylic acids is 2. The first-order chi connectivity index (χ1) is 19.5. The third kappa shape index (κ3) is 12.6. The molecular weight excluding hydrogens is 500 g/mol. The molecule has 0 amide bonds. The van der Waals surface area contributed by atoms with Crippen LogP contribution in [0, 0.1) is 17.8 Å². The van der Waals surface area contributed by atoms with Gasteiger partial charge < -0.3 is 9.47 Å². The first-order valence-electron chi connectivity index (χ1n) is 16.7. The van der Waals surface area contributed by atoms with Crippen LogP contribution in [0.5, 0.6) is 0 Å². The van der Waals surface area contributed by atoms with Crippen LogP contribution in [-0.4, -0.2) is 36.0 Å². The van der Waals surface area contributed by atoms with E-state index in [9.17, 15) is 9.59 Å². The standard InChI is InChI=1S/C34H58N2O4/c1-5-9-11-12-13-14-15-16-17-18-19-22-29(8-4)30-23-20-24-31(33(30)37)36-26-25-32(35-36)40-34(38)39-27-28(7-3)21-10-6-2/h20,23-24,28-30H,5-19,21-22,25-27H2,1-4H3. The Hall–Kier alpha value is -2.11. The summed E-state index contributed by atoms with van der Waals surface area (Å²) in [6.45, 7) is 9.65. The van der Waals surface area contributed by atoms with E-state index in [0.717, 1.165) is 38.5 Å². The molecule has 3 atom stereocenters. The van der Waals surface area contributed by atoms with Gasteiger partial charge in [-0.1, -0.05) is 136 Å². The summed E-state index contributed by atoms with van der Waals surface area (Å²) >= 11 is 0. The second-order valence-electron chi connectivity index (χ2n) is 11.8. The highest BCUT2D eigenvalue weighted by molar-refractivity contribution is 6.00. The lowest BCUT2D eigenvalue weighted by molar-refractivity contribution is -0.121. The van der Waals surface area contributed by atoms with Crippen LogP contribution in [0.3, 0.4) is 0 Å². The largest absolute Gasteiger partial charge is 0.514 e. The van der Waals surface area contributed by atoms with Gasteiger partial charge in [0.1, 0.15) is 5.70 Å². The Labute approximate surface area is 245 Å². The van der Waals surface area contributed by atoms with Crippen molar-refractivity contribution in [1.29, 1.82) is 0 Å². The lowest BCUT2D eigenvalue weighted by Crippen LogP contribution is -2.31. The van der Waals surface area contributed by atoms with E-state index in [0.29, 0.717) is 43.0 Å². The molecule has 40 heavy (non-hydrogen) atoms. The summed E-state index contributed by atoms with van der Waals surface area (Å²) in [6.07, 6.45) is 26.8. The van der Waals surface area contributed by atoms with Crippen molar-refractivity contribution in [1.82, 2.24) is 5.01 Å². The maximum atomic E-state index is 13.5. The van der Waals surface area contributed by atoms with Gasteiger partial charge in [0.25, 0.3) is 0 Å². The third-order valence-electron chi connectivity index (χ3n) is 8.57. The SMILES string of the molecule is CCCCCCCCCCCCCC(CC)C1C=CC=C(N2CCC(OC(=O)OCC(CC)CCCC)=N2)C1=O. The Kier molecular flexibility index (Phi) is 17.7. The van der Waals surface area contributed by atoms with Crippen molar-refractivity contribution in [3.8, 4) is 0 Å². The van der Waals surface area contributed by atoms with Crippen molar-refractivity contribution in [3.63, 3.8) is 0 Å². The van der Waals surface area contributed by atoms with Gasteiger partial charge in [-0.2, -0.15) is 0 Å². The number of hydrogen-bond acceptors (Lipinski definition) is 6. The van der Waals surface area contributed by atoms with Crippen LogP contribution in [0.2, 0.25) is 0 Å². The van der Waals surface area contributed by atoms with E-state index >= 15 is 0 Å². The summed E-state index contributed by atoms with van der Waals surface area (Å²) in [5.74, 6) is 1.06. The van der Waals surface area contributed by atoms with Crippen molar-refractivity contribution >= 4 is 17.8 Å². The number of Topliss-reactive ketones (excluding diaryl/α,β-unsaturated/α-hetero) is 1. The molecular formula is C34H58N2O4. The molecule has 1 aliphatic heterocycles. The highest BCUT2D eigenvalue weighted by atomic mass is 16.7. The number of unbranched alkanes of at least 4 members (excludes halogenated alkanes) is 11. The molecule has 0 spiro atoms. The van der Waals surface area contributed by atoms with E-state index < -0.39 is 6.16 Å². The number of ketones is 1. The van der Waals surface area contributed by atoms with Crippen molar-refractivity contribution in [3.05, 3.63) is 23.9 Å². The highest BCUT2D eigenvalue weighted by Crippen LogP contribution is 2.31. The zero-order valence-electron chi connectivity index (χ0n) is 26.1. The highest BCUT2D eigenvalue weighted by Gasteiger charge is 2.33. The molecule has 0 aromatic heterocycles. The first kappa shape index (κ1) is 34.1. The average Bonchev–Trinajstić information content (AvgIpc) is 3.42. The van der Waals surface area contributed by atoms with E-state index in [1.807, 2.05) is 12.2 Å². The Morgan fingerprint density at radius 1 is 0.900 bits per heavy atom. The second kappa shape index (κ2) is 20.7. The molecule has 0 saturated heterocycles. The number of ether oxygens (including phenoxy) is 2.